The van der Waals surface area contributed by atoms with Gasteiger partial charge in [-0.25, -0.2) is 9.59 Å². The lowest BCUT2D eigenvalue weighted by molar-refractivity contribution is -0.211. The maximum Gasteiger partial charge on any atom is 0.419 e. The van der Waals surface area contributed by atoms with Gasteiger partial charge in [0.15, 0.2) is 11.5 Å². The Bertz CT molecular complexity index is 1180. The van der Waals surface area contributed by atoms with Crippen LogP contribution in [0.25, 0.3) is 0 Å². The van der Waals surface area contributed by atoms with E-state index in [2.05, 4.69) is 0 Å². The van der Waals surface area contributed by atoms with Crippen LogP contribution in [0, 0.1) is 0 Å². The SMILES string of the molecule is O=C(Oc1c(Cl)cc(Cl)cc1Cl)C(C(=O)Oc1c(Cl)cc(Cl)cc1Cl)(c1ccccc1)C(F)(F)F. The summed E-state index contributed by atoms with van der Waals surface area (Å²) in [5.41, 5.74) is -4.82. The first-order valence-corrected chi connectivity index (χ1v) is 11.4. The molecule has 35 heavy (non-hydrogen) atoms. The summed E-state index contributed by atoms with van der Waals surface area (Å²) in [6.07, 6.45) is -5.58. The van der Waals surface area contributed by atoms with Crippen LogP contribution in [-0.2, 0) is 15.0 Å². The fourth-order valence-electron chi connectivity index (χ4n) is 2.99. The van der Waals surface area contributed by atoms with Gasteiger partial charge in [-0.1, -0.05) is 99.9 Å². The molecule has 0 saturated carbocycles. The van der Waals surface area contributed by atoms with Gasteiger partial charge in [0.05, 0.1) is 20.1 Å². The summed E-state index contributed by atoms with van der Waals surface area (Å²) in [6.45, 7) is 0. The summed E-state index contributed by atoms with van der Waals surface area (Å²) >= 11 is 35.5. The molecule has 0 spiro atoms. The van der Waals surface area contributed by atoms with Gasteiger partial charge in [0, 0.05) is 10.0 Å². The smallest absolute Gasteiger partial charge is 0.419 e. The van der Waals surface area contributed by atoms with Gasteiger partial charge in [-0.15, -0.1) is 0 Å². The van der Waals surface area contributed by atoms with Crippen LogP contribution in [-0.4, -0.2) is 18.1 Å². The molecular formula is C22H9Cl6F3O4. The van der Waals surface area contributed by atoms with Crippen LogP contribution in [0.1, 0.15) is 5.56 Å². The fourth-order valence-corrected chi connectivity index (χ4v) is 4.78. The van der Waals surface area contributed by atoms with Gasteiger partial charge >= 0.3 is 18.1 Å². The Morgan fingerprint density at radius 3 is 1.29 bits per heavy atom. The molecule has 0 aliphatic rings. The minimum Gasteiger partial charge on any atom is -0.422 e. The molecule has 0 fully saturated rings. The molecule has 13 heteroatoms. The van der Waals surface area contributed by atoms with Crippen LogP contribution in [0.5, 0.6) is 11.5 Å². The molecule has 3 aromatic rings. The number of esters is 2. The summed E-state index contributed by atoms with van der Waals surface area (Å²) in [4.78, 5) is 26.5. The van der Waals surface area contributed by atoms with Crippen molar-refractivity contribution in [2.24, 2.45) is 0 Å². The maximum absolute atomic E-state index is 14.7. The predicted molar refractivity (Wildman–Crippen MR) is 128 cm³/mol. The number of ether oxygens (including phenoxy) is 2. The lowest BCUT2D eigenvalue weighted by atomic mass is 9.79. The largest absolute Gasteiger partial charge is 0.422 e. The minimum atomic E-state index is -5.58. The van der Waals surface area contributed by atoms with Gasteiger partial charge in [0.1, 0.15) is 0 Å². The van der Waals surface area contributed by atoms with E-state index in [1.165, 1.54) is 18.2 Å². The lowest BCUT2D eigenvalue weighted by Gasteiger charge is -2.31. The molecule has 184 valence electrons. The van der Waals surface area contributed by atoms with E-state index in [4.69, 9.17) is 79.1 Å². The second-order valence-corrected chi connectivity index (χ2v) is 9.29. The van der Waals surface area contributed by atoms with Gasteiger partial charge in [0.25, 0.3) is 5.41 Å². The molecule has 0 amide bonds. The molecular weight excluding hydrogens is 598 g/mol. The normalized spacial score (nSPS) is 11.8. The first kappa shape index (κ1) is 27.7. The Labute approximate surface area is 226 Å². The Kier molecular flexibility index (Phi) is 8.41. The van der Waals surface area contributed by atoms with Crippen LogP contribution in [0.15, 0.2) is 54.6 Å². The molecule has 0 aromatic heterocycles. The third kappa shape index (κ3) is 5.45. The topological polar surface area (TPSA) is 52.6 Å². The number of rotatable bonds is 5. The zero-order chi connectivity index (χ0) is 26.1. The van der Waals surface area contributed by atoms with Crippen LogP contribution < -0.4 is 9.47 Å². The number of hydrogen-bond donors (Lipinski definition) is 0. The summed E-state index contributed by atoms with van der Waals surface area (Å²) in [5.74, 6) is -5.51. The van der Waals surface area contributed by atoms with Crippen LogP contribution in [0.3, 0.4) is 0 Å². The minimum absolute atomic E-state index is 0.0244. The molecule has 4 nitrogen and oxygen atoms in total. The lowest BCUT2D eigenvalue weighted by Crippen LogP contribution is -2.58. The van der Waals surface area contributed by atoms with E-state index in [0.29, 0.717) is 0 Å². The monoisotopic (exact) mass is 604 g/mol. The highest BCUT2D eigenvalue weighted by atomic mass is 35.5. The van der Waals surface area contributed by atoms with Gasteiger partial charge in [-0.2, -0.15) is 13.2 Å². The molecule has 0 bridgehead atoms. The first-order valence-electron chi connectivity index (χ1n) is 9.15. The van der Waals surface area contributed by atoms with Gasteiger partial charge in [0.2, 0.25) is 0 Å². The van der Waals surface area contributed by atoms with E-state index >= 15 is 0 Å². The maximum atomic E-state index is 14.7. The van der Waals surface area contributed by atoms with Crippen molar-refractivity contribution in [3.8, 4) is 11.5 Å². The Hall–Kier alpha value is -1.87. The quantitative estimate of drug-likeness (QED) is 0.166. The highest BCUT2D eigenvalue weighted by Gasteiger charge is 2.70. The zero-order valence-corrected chi connectivity index (χ0v) is 21.3. The van der Waals surface area contributed by atoms with Gasteiger partial charge in [-0.05, 0) is 29.8 Å². The second-order valence-electron chi connectivity index (χ2n) is 6.79. The zero-order valence-electron chi connectivity index (χ0n) is 16.7. The van der Waals surface area contributed by atoms with E-state index in [1.54, 1.807) is 0 Å². The second kappa shape index (κ2) is 10.6. The molecule has 0 heterocycles. The third-order valence-corrected chi connectivity index (χ3v) is 6.12. The van der Waals surface area contributed by atoms with Crippen molar-refractivity contribution >= 4 is 81.5 Å². The molecule has 0 N–H and O–H groups in total. The fraction of sp³-hybridized carbons (Fsp3) is 0.0909. The van der Waals surface area contributed by atoms with Crippen molar-refractivity contribution in [2.75, 3.05) is 0 Å². The Morgan fingerprint density at radius 1 is 0.629 bits per heavy atom. The standard InChI is InChI=1S/C22H9Cl6F3O4/c23-11-6-13(25)17(14(26)7-11)34-19(32)21(22(29,30)31,10-4-2-1-3-5-10)20(33)35-18-15(27)8-12(24)9-16(18)28/h1-9H. The van der Waals surface area contributed by atoms with Crippen molar-refractivity contribution in [3.05, 3.63) is 90.3 Å². The Morgan fingerprint density at radius 2 is 0.971 bits per heavy atom. The average Bonchev–Trinajstić information content (AvgIpc) is 2.73. The first-order chi connectivity index (χ1) is 16.3. The molecule has 0 radical (unpaired) electrons. The summed E-state index contributed by atoms with van der Waals surface area (Å²) < 4.78 is 54.1. The Balaban J connectivity index is 2.21. The molecule has 0 saturated heterocycles. The highest BCUT2D eigenvalue weighted by molar-refractivity contribution is 6.41. The van der Waals surface area contributed by atoms with E-state index in [0.717, 1.165) is 36.4 Å². The molecule has 3 rings (SSSR count). The number of halogens is 9. The number of benzene rings is 3. The number of hydrogen-bond acceptors (Lipinski definition) is 4. The molecule has 0 unspecified atom stereocenters. The van der Waals surface area contributed by atoms with Crippen molar-refractivity contribution < 1.29 is 32.2 Å². The molecule has 0 atom stereocenters. The third-order valence-electron chi connectivity index (χ3n) is 4.56. The van der Waals surface area contributed by atoms with Crippen molar-refractivity contribution in [1.29, 1.82) is 0 Å². The van der Waals surface area contributed by atoms with Crippen LogP contribution in [0.4, 0.5) is 13.2 Å². The van der Waals surface area contributed by atoms with E-state index in [1.807, 2.05) is 0 Å². The van der Waals surface area contributed by atoms with Crippen molar-refractivity contribution in [3.63, 3.8) is 0 Å². The van der Waals surface area contributed by atoms with Crippen molar-refractivity contribution in [1.82, 2.24) is 0 Å². The van der Waals surface area contributed by atoms with Gasteiger partial charge < -0.3 is 9.47 Å². The molecule has 3 aromatic carbocycles. The van der Waals surface area contributed by atoms with E-state index in [-0.39, 0.29) is 30.1 Å². The van der Waals surface area contributed by atoms with Gasteiger partial charge in [-0.3, -0.25) is 0 Å². The number of carbonyl (C=O) groups excluding carboxylic acids is 2. The highest BCUT2D eigenvalue weighted by Crippen LogP contribution is 2.47. The van der Waals surface area contributed by atoms with E-state index in [9.17, 15) is 22.8 Å². The number of alkyl halides is 3. The summed E-state index contributed by atoms with van der Waals surface area (Å²) in [6, 6.07) is 9.87. The summed E-state index contributed by atoms with van der Waals surface area (Å²) in [5, 5.41) is -1.46. The predicted octanol–water partition coefficient (Wildman–Crippen LogP) is 8.62. The van der Waals surface area contributed by atoms with Crippen LogP contribution in [0.2, 0.25) is 30.1 Å². The molecule has 0 aliphatic carbocycles. The van der Waals surface area contributed by atoms with E-state index < -0.39 is 40.6 Å². The van der Waals surface area contributed by atoms with Crippen molar-refractivity contribution in [2.45, 2.75) is 11.6 Å². The average molecular weight is 607 g/mol. The number of carbonyl (C=O) groups is 2. The summed E-state index contributed by atoms with van der Waals surface area (Å²) in [7, 11) is 0. The van der Waals surface area contributed by atoms with Crippen LogP contribution >= 0.6 is 69.6 Å². The molecule has 0 aliphatic heterocycles.